The summed E-state index contributed by atoms with van der Waals surface area (Å²) in [7, 11) is -3.68. The van der Waals surface area contributed by atoms with Crippen molar-refractivity contribution < 1.29 is 22.7 Å². The number of rotatable bonds is 6. The summed E-state index contributed by atoms with van der Waals surface area (Å²) >= 11 is 0. The van der Waals surface area contributed by atoms with Gasteiger partial charge < -0.3 is 4.74 Å². The number of nitrogens with zero attached hydrogens (tertiary/aromatic N) is 2. The van der Waals surface area contributed by atoms with E-state index in [4.69, 9.17) is 10.00 Å². The first-order valence-electron chi connectivity index (χ1n) is 10.2. The predicted octanol–water partition coefficient (Wildman–Crippen LogP) is 1.96. The summed E-state index contributed by atoms with van der Waals surface area (Å²) < 4.78 is 32.6. The zero-order chi connectivity index (χ0) is 23.1. The second kappa shape index (κ2) is 10.3. The highest BCUT2D eigenvalue weighted by Gasteiger charge is 2.26. The molecule has 3 rings (SSSR count). The highest BCUT2D eigenvalue weighted by Crippen LogP contribution is 2.21. The van der Waals surface area contributed by atoms with Crippen molar-refractivity contribution in [2.75, 3.05) is 13.1 Å². The van der Waals surface area contributed by atoms with E-state index in [9.17, 15) is 18.0 Å². The average Bonchev–Trinajstić information content (AvgIpc) is 2.83. The van der Waals surface area contributed by atoms with E-state index in [0.29, 0.717) is 24.4 Å². The molecule has 1 aliphatic rings. The molecule has 10 heteroatoms. The molecule has 2 N–H and O–H groups in total. The van der Waals surface area contributed by atoms with E-state index >= 15 is 0 Å². The molecule has 0 aromatic heterocycles. The summed E-state index contributed by atoms with van der Waals surface area (Å²) in [6.45, 7) is 2.43. The molecule has 0 unspecified atom stereocenters. The van der Waals surface area contributed by atoms with E-state index in [-0.39, 0.29) is 10.5 Å². The summed E-state index contributed by atoms with van der Waals surface area (Å²) in [6.07, 6.45) is 1.71. The van der Waals surface area contributed by atoms with Gasteiger partial charge in [-0.3, -0.25) is 20.4 Å². The fourth-order valence-corrected chi connectivity index (χ4v) is 4.77. The SMILES string of the molecule is C[C@@H](Oc1ccc(C#N)cc1)C(=O)NNC(=O)c1cccc(S(=O)(=O)N2CCCCC2)c1. The van der Waals surface area contributed by atoms with Gasteiger partial charge in [-0.2, -0.15) is 9.57 Å². The molecule has 0 radical (unpaired) electrons. The maximum Gasteiger partial charge on any atom is 0.279 e. The molecule has 1 heterocycles. The van der Waals surface area contributed by atoms with Gasteiger partial charge in [0.25, 0.3) is 11.8 Å². The minimum absolute atomic E-state index is 0.0379. The highest BCUT2D eigenvalue weighted by atomic mass is 32.2. The Bertz CT molecular complexity index is 1120. The van der Waals surface area contributed by atoms with Crippen LogP contribution in [-0.2, 0) is 14.8 Å². The summed E-state index contributed by atoms with van der Waals surface area (Å²) in [5.74, 6) is -0.854. The lowest BCUT2D eigenvalue weighted by atomic mass is 10.2. The molecule has 0 saturated carbocycles. The number of benzene rings is 2. The van der Waals surface area contributed by atoms with Crippen LogP contribution in [0.2, 0.25) is 0 Å². The minimum atomic E-state index is -3.68. The highest BCUT2D eigenvalue weighted by molar-refractivity contribution is 7.89. The standard InChI is InChI=1S/C22H24N4O5S/c1-16(31-19-10-8-17(15-23)9-11-19)21(27)24-25-22(28)18-6-5-7-20(14-18)32(29,30)26-12-3-2-4-13-26/h5-11,14,16H,2-4,12-13H2,1H3,(H,24,27)(H,25,28)/t16-/m1/s1. The van der Waals surface area contributed by atoms with Gasteiger partial charge in [0, 0.05) is 18.7 Å². The molecule has 0 aliphatic carbocycles. The number of nitriles is 1. The maximum absolute atomic E-state index is 12.8. The van der Waals surface area contributed by atoms with Crippen LogP contribution >= 0.6 is 0 Å². The number of carbonyl (C=O) groups excluding carboxylic acids is 2. The Labute approximate surface area is 187 Å². The first-order chi connectivity index (χ1) is 15.3. The molecule has 1 fully saturated rings. The van der Waals surface area contributed by atoms with Crippen LogP contribution < -0.4 is 15.6 Å². The topological polar surface area (TPSA) is 129 Å². The van der Waals surface area contributed by atoms with Crippen molar-refractivity contribution in [1.82, 2.24) is 15.2 Å². The number of ether oxygens (including phenoxy) is 1. The van der Waals surface area contributed by atoms with Crippen molar-refractivity contribution in [3.05, 3.63) is 59.7 Å². The first kappa shape index (κ1) is 23.2. The van der Waals surface area contributed by atoms with Gasteiger partial charge in [-0.25, -0.2) is 8.42 Å². The molecule has 168 valence electrons. The third kappa shape index (κ3) is 5.63. The Morgan fingerprint density at radius 1 is 1.06 bits per heavy atom. The Kier molecular flexibility index (Phi) is 7.45. The molecule has 1 aliphatic heterocycles. The molecular formula is C22H24N4O5S. The van der Waals surface area contributed by atoms with E-state index in [1.54, 1.807) is 24.3 Å². The van der Waals surface area contributed by atoms with E-state index in [1.165, 1.54) is 35.5 Å². The normalized spacial score (nSPS) is 15.2. The van der Waals surface area contributed by atoms with Gasteiger partial charge in [0.05, 0.1) is 16.5 Å². The van der Waals surface area contributed by atoms with Gasteiger partial charge in [0.2, 0.25) is 10.0 Å². The van der Waals surface area contributed by atoms with Crippen LogP contribution in [0.4, 0.5) is 0 Å². The molecule has 9 nitrogen and oxygen atoms in total. The van der Waals surface area contributed by atoms with Crippen molar-refractivity contribution in [3.63, 3.8) is 0 Å². The van der Waals surface area contributed by atoms with Crippen LogP contribution in [0.25, 0.3) is 0 Å². The second-order valence-corrected chi connectivity index (χ2v) is 9.27. The van der Waals surface area contributed by atoms with E-state index < -0.39 is 27.9 Å². The van der Waals surface area contributed by atoms with Crippen LogP contribution in [0.1, 0.15) is 42.1 Å². The van der Waals surface area contributed by atoms with Gasteiger partial charge in [-0.15, -0.1) is 0 Å². The van der Waals surface area contributed by atoms with Gasteiger partial charge in [0.1, 0.15) is 5.75 Å². The van der Waals surface area contributed by atoms with Crippen LogP contribution in [-0.4, -0.2) is 43.7 Å². The molecule has 2 aromatic rings. The third-order valence-corrected chi connectivity index (χ3v) is 6.91. The number of piperidine rings is 1. The first-order valence-corrected chi connectivity index (χ1v) is 11.6. The Morgan fingerprint density at radius 3 is 2.41 bits per heavy atom. The van der Waals surface area contributed by atoms with Crippen molar-refractivity contribution in [2.24, 2.45) is 0 Å². The van der Waals surface area contributed by atoms with Crippen LogP contribution in [0.15, 0.2) is 53.4 Å². The zero-order valence-corrected chi connectivity index (χ0v) is 18.4. The molecular weight excluding hydrogens is 432 g/mol. The molecule has 1 saturated heterocycles. The Morgan fingerprint density at radius 2 is 1.75 bits per heavy atom. The van der Waals surface area contributed by atoms with E-state index in [0.717, 1.165) is 19.3 Å². The van der Waals surface area contributed by atoms with Gasteiger partial charge in [-0.05, 0) is 62.2 Å². The Balaban J connectivity index is 1.59. The van der Waals surface area contributed by atoms with Gasteiger partial charge in [0.15, 0.2) is 6.10 Å². The molecule has 0 spiro atoms. The molecule has 0 bridgehead atoms. The third-order valence-electron chi connectivity index (χ3n) is 5.01. The second-order valence-electron chi connectivity index (χ2n) is 7.33. The summed E-state index contributed by atoms with van der Waals surface area (Å²) in [5.41, 5.74) is 5.11. The summed E-state index contributed by atoms with van der Waals surface area (Å²) in [4.78, 5) is 24.7. The van der Waals surface area contributed by atoms with E-state index in [2.05, 4.69) is 10.9 Å². The van der Waals surface area contributed by atoms with E-state index in [1.807, 2.05) is 6.07 Å². The largest absolute Gasteiger partial charge is 0.481 e. The van der Waals surface area contributed by atoms with Gasteiger partial charge >= 0.3 is 0 Å². The molecule has 1 atom stereocenters. The smallest absolute Gasteiger partial charge is 0.279 e. The maximum atomic E-state index is 12.8. The zero-order valence-electron chi connectivity index (χ0n) is 17.6. The lowest BCUT2D eigenvalue weighted by Crippen LogP contribution is -2.47. The molecule has 32 heavy (non-hydrogen) atoms. The lowest BCUT2D eigenvalue weighted by molar-refractivity contribution is -0.128. The number of carbonyl (C=O) groups is 2. The quantitative estimate of drug-likeness (QED) is 0.640. The van der Waals surface area contributed by atoms with Crippen molar-refractivity contribution >= 4 is 21.8 Å². The fourth-order valence-electron chi connectivity index (χ4n) is 3.21. The predicted molar refractivity (Wildman–Crippen MR) is 116 cm³/mol. The van der Waals surface area contributed by atoms with Crippen LogP contribution in [0, 0.1) is 11.3 Å². The molecule has 2 aromatic carbocycles. The van der Waals surface area contributed by atoms with Crippen LogP contribution in [0.5, 0.6) is 5.75 Å². The van der Waals surface area contributed by atoms with Crippen molar-refractivity contribution in [3.8, 4) is 11.8 Å². The Hall–Kier alpha value is -3.42. The van der Waals surface area contributed by atoms with Crippen molar-refractivity contribution in [2.45, 2.75) is 37.2 Å². The number of amides is 2. The van der Waals surface area contributed by atoms with Gasteiger partial charge in [-0.1, -0.05) is 12.5 Å². The van der Waals surface area contributed by atoms with Crippen molar-refractivity contribution in [1.29, 1.82) is 5.26 Å². The molecule has 2 amide bonds. The number of hydrogen-bond donors (Lipinski definition) is 2. The summed E-state index contributed by atoms with van der Waals surface area (Å²) in [5, 5.41) is 8.81. The number of sulfonamides is 1. The number of nitrogens with one attached hydrogen (secondary N) is 2. The average molecular weight is 457 g/mol. The number of hydrogen-bond acceptors (Lipinski definition) is 6. The number of hydrazine groups is 1. The van der Waals surface area contributed by atoms with Crippen LogP contribution in [0.3, 0.4) is 0 Å². The summed E-state index contributed by atoms with van der Waals surface area (Å²) in [6, 6.07) is 13.9. The lowest BCUT2D eigenvalue weighted by Gasteiger charge is -2.26. The fraction of sp³-hybridized carbons (Fsp3) is 0.318. The monoisotopic (exact) mass is 456 g/mol. The minimum Gasteiger partial charge on any atom is -0.481 e.